The van der Waals surface area contributed by atoms with Crippen LogP contribution in [0.15, 0.2) is 88.8 Å². The van der Waals surface area contributed by atoms with E-state index in [0.717, 1.165) is 12.1 Å². The van der Waals surface area contributed by atoms with Crippen molar-refractivity contribution in [3.05, 3.63) is 95.6 Å². The van der Waals surface area contributed by atoms with Crippen molar-refractivity contribution in [1.82, 2.24) is 10.0 Å². The van der Waals surface area contributed by atoms with E-state index in [9.17, 15) is 31.2 Å². The van der Waals surface area contributed by atoms with Gasteiger partial charge in [-0.1, -0.05) is 74.5 Å². The average Bonchev–Trinajstić information content (AvgIpc) is 3.03. The van der Waals surface area contributed by atoms with Crippen LogP contribution in [-0.2, 0) is 25.8 Å². The fourth-order valence-corrected chi connectivity index (χ4v) is 5.98. The third-order valence-electron chi connectivity index (χ3n) is 6.47. The number of nitrogens with zero attached hydrogens (tertiary/aromatic N) is 2. The van der Waals surface area contributed by atoms with Gasteiger partial charge in [0, 0.05) is 18.2 Å². The number of carbonyl (C=O) groups is 2. The van der Waals surface area contributed by atoms with Crippen LogP contribution >= 0.6 is 0 Å². The molecular weight excluding hydrogens is 557 g/mol. The number of hydrogen-bond acceptors (Lipinski definition) is 5. The lowest BCUT2D eigenvalue weighted by Gasteiger charge is -2.24. The quantitative estimate of drug-likeness (QED) is 0.409. The summed E-state index contributed by atoms with van der Waals surface area (Å²) in [6.07, 6.45) is -6.42. The zero-order valence-electron chi connectivity index (χ0n) is 22.5. The summed E-state index contributed by atoms with van der Waals surface area (Å²) < 4.78 is 69.2. The zero-order valence-corrected chi connectivity index (χ0v) is 23.3. The Kier molecular flexibility index (Phi) is 8.64. The lowest BCUT2D eigenvalue weighted by Crippen LogP contribution is -2.53. The van der Waals surface area contributed by atoms with Crippen LogP contribution in [0.5, 0.6) is 0 Å². The summed E-state index contributed by atoms with van der Waals surface area (Å²) >= 11 is 0. The minimum atomic E-state index is -4.93. The molecule has 0 spiro atoms. The molecule has 1 aliphatic rings. The zero-order chi connectivity index (χ0) is 29.9. The van der Waals surface area contributed by atoms with Crippen LogP contribution in [0.1, 0.15) is 37.0 Å². The van der Waals surface area contributed by atoms with Crippen LogP contribution in [0.4, 0.5) is 18.9 Å². The molecule has 12 heteroatoms. The van der Waals surface area contributed by atoms with Gasteiger partial charge in [0.05, 0.1) is 21.9 Å². The fourth-order valence-electron chi connectivity index (χ4n) is 4.54. The Morgan fingerprint density at radius 2 is 1.59 bits per heavy atom. The maximum atomic E-state index is 13.6. The van der Waals surface area contributed by atoms with Gasteiger partial charge in [-0.25, -0.2) is 13.4 Å². The highest BCUT2D eigenvalue weighted by atomic mass is 32.2. The van der Waals surface area contributed by atoms with Crippen LogP contribution < -0.4 is 14.9 Å². The van der Waals surface area contributed by atoms with E-state index in [2.05, 4.69) is 15.0 Å². The molecule has 0 fully saturated rings. The van der Waals surface area contributed by atoms with Crippen LogP contribution in [0, 0.1) is 5.92 Å². The molecule has 1 aliphatic heterocycles. The van der Waals surface area contributed by atoms with Gasteiger partial charge in [-0.05, 0) is 30.5 Å². The van der Waals surface area contributed by atoms with Crippen LogP contribution in [0.3, 0.4) is 0 Å². The van der Waals surface area contributed by atoms with Crippen molar-refractivity contribution in [1.29, 1.82) is 0 Å². The number of sulfonamides is 1. The van der Waals surface area contributed by atoms with Gasteiger partial charge in [-0.15, -0.1) is 0 Å². The predicted octanol–water partition coefficient (Wildman–Crippen LogP) is 4.35. The van der Waals surface area contributed by atoms with Gasteiger partial charge in [0.1, 0.15) is 6.04 Å². The molecule has 0 radical (unpaired) electrons. The van der Waals surface area contributed by atoms with Gasteiger partial charge in [0.15, 0.2) is 0 Å². The Morgan fingerprint density at radius 3 is 2.24 bits per heavy atom. The first kappa shape index (κ1) is 29.9. The summed E-state index contributed by atoms with van der Waals surface area (Å²) in [4.78, 5) is 31.9. The highest BCUT2D eigenvalue weighted by molar-refractivity contribution is 7.89. The Bertz CT molecular complexity index is 1570. The number of para-hydroxylation sites is 1. The Morgan fingerprint density at radius 1 is 0.976 bits per heavy atom. The van der Waals surface area contributed by atoms with Gasteiger partial charge >= 0.3 is 6.18 Å². The first-order valence-corrected chi connectivity index (χ1v) is 14.3. The molecule has 0 aromatic heterocycles. The minimum absolute atomic E-state index is 0.0501. The summed E-state index contributed by atoms with van der Waals surface area (Å²) in [5.41, 5.74) is 0.968. The van der Waals surface area contributed by atoms with E-state index in [0.29, 0.717) is 28.6 Å². The lowest BCUT2D eigenvalue weighted by atomic mass is 10.0. The molecule has 8 nitrogen and oxygen atoms in total. The summed E-state index contributed by atoms with van der Waals surface area (Å²) in [6, 6.07) is 18.4. The third kappa shape index (κ3) is 6.66. The summed E-state index contributed by atoms with van der Waals surface area (Å²) in [5, 5.41) is 2.53. The molecule has 216 valence electrons. The molecule has 0 saturated heterocycles. The molecule has 41 heavy (non-hydrogen) atoms. The number of halogens is 3. The topological polar surface area (TPSA) is 108 Å². The number of nitrogens with one attached hydrogen (secondary N) is 2. The summed E-state index contributed by atoms with van der Waals surface area (Å²) in [6.45, 7) is 3.45. The maximum absolute atomic E-state index is 13.6. The lowest BCUT2D eigenvalue weighted by molar-refractivity contribution is -0.139. The minimum Gasteiger partial charge on any atom is -0.325 e. The standard InChI is InChI=1S/C29H29F3N4O4S/c1-18(2)17-22(35-41(39,40)24-16-10-8-14-21(24)29(30,31)32)27(37)34-26-28(38)36(3)23-15-9-7-13-20(23)25(33-26)19-11-5-4-6-12-19/h4-16,18,22,26,35H,17H2,1-3H3,(H,34,37). The van der Waals surface area contributed by atoms with Gasteiger partial charge < -0.3 is 10.2 Å². The van der Waals surface area contributed by atoms with Crippen molar-refractivity contribution >= 4 is 33.2 Å². The van der Waals surface area contributed by atoms with E-state index >= 15 is 0 Å². The van der Waals surface area contributed by atoms with E-state index < -0.39 is 50.7 Å². The van der Waals surface area contributed by atoms with Crippen molar-refractivity contribution < 1.29 is 31.2 Å². The molecule has 0 bridgehead atoms. The molecule has 4 rings (SSSR count). The van der Waals surface area contributed by atoms with Crippen molar-refractivity contribution in [3.63, 3.8) is 0 Å². The second kappa shape index (κ2) is 11.8. The fraction of sp³-hybridized carbons (Fsp3) is 0.276. The van der Waals surface area contributed by atoms with Crippen molar-refractivity contribution in [2.45, 2.75) is 43.5 Å². The van der Waals surface area contributed by atoms with Crippen molar-refractivity contribution in [3.8, 4) is 0 Å². The van der Waals surface area contributed by atoms with E-state index in [-0.39, 0.29) is 12.3 Å². The number of benzodiazepines with no additional fused rings is 1. The number of hydrogen-bond donors (Lipinski definition) is 2. The van der Waals surface area contributed by atoms with Crippen LogP contribution in [0.25, 0.3) is 0 Å². The molecule has 2 N–H and O–H groups in total. The average molecular weight is 587 g/mol. The largest absolute Gasteiger partial charge is 0.417 e. The van der Waals surface area contributed by atoms with E-state index in [4.69, 9.17) is 0 Å². The Hall–Kier alpha value is -4.03. The maximum Gasteiger partial charge on any atom is 0.417 e. The number of amides is 2. The first-order valence-electron chi connectivity index (χ1n) is 12.8. The first-order chi connectivity index (χ1) is 19.3. The third-order valence-corrected chi connectivity index (χ3v) is 8.00. The Balaban J connectivity index is 1.70. The molecule has 2 unspecified atom stereocenters. The van der Waals surface area contributed by atoms with Crippen LogP contribution in [-0.4, -0.2) is 45.2 Å². The second-order valence-corrected chi connectivity index (χ2v) is 11.6. The predicted molar refractivity (Wildman–Crippen MR) is 149 cm³/mol. The molecule has 2 atom stereocenters. The van der Waals surface area contributed by atoms with Crippen molar-refractivity contribution in [2.24, 2.45) is 10.9 Å². The molecule has 3 aromatic rings. The van der Waals surface area contributed by atoms with Crippen molar-refractivity contribution in [2.75, 3.05) is 11.9 Å². The molecule has 3 aromatic carbocycles. The number of carbonyl (C=O) groups excluding carboxylic acids is 2. The number of aliphatic imine (C=N–C) groups is 1. The van der Waals surface area contributed by atoms with Gasteiger partial charge in [-0.2, -0.15) is 17.9 Å². The number of alkyl halides is 3. The number of fused-ring (bicyclic) bond motifs is 1. The van der Waals surface area contributed by atoms with Crippen LogP contribution in [0.2, 0.25) is 0 Å². The summed E-state index contributed by atoms with van der Waals surface area (Å²) in [7, 11) is -3.26. The number of likely N-dealkylation sites (N-methyl/N-ethyl adjacent to an activating group) is 1. The highest BCUT2D eigenvalue weighted by Gasteiger charge is 2.39. The molecule has 1 heterocycles. The SMILES string of the molecule is CC(C)CC(NS(=O)(=O)c1ccccc1C(F)(F)F)C(=O)NC1N=C(c2ccccc2)c2ccccc2N(C)C1=O. The molecular formula is C29H29F3N4O4S. The van der Waals surface area contributed by atoms with Gasteiger partial charge in [0.2, 0.25) is 22.1 Å². The van der Waals surface area contributed by atoms with E-state index in [1.807, 2.05) is 6.07 Å². The molecule has 2 amide bonds. The Labute approximate surface area is 236 Å². The number of benzene rings is 3. The smallest absolute Gasteiger partial charge is 0.325 e. The van der Waals surface area contributed by atoms with E-state index in [1.165, 1.54) is 18.0 Å². The molecule has 0 saturated carbocycles. The number of anilines is 1. The van der Waals surface area contributed by atoms with Gasteiger partial charge in [0.25, 0.3) is 5.91 Å². The second-order valence-electron chi connectivity index (χ2n) is 9.97. The van der Waals surface area contributed by atoms with E-state index in [1.54, 1.807) is 62.4 Å². The number of rotatable bonds is 8. The monoisotopic (exact) mass is 586 g/mol. The summed E-state index contributed by atoms with van der Waals surface area (Å²) in [5.74, 6) is -1.71. The normalized spacial score (nSPS) is 16.6. The molecule has 0 aliphatic carbocycles. The van der Waals surface area contributed by atoms with Gasteiger partial charge in [-0.3, -0.25) is 9.59 Å². The highest BCUT2D eigenvalue weighted by Crippen LogP contribution is 2.34.